The number of ether oxygens (including phenoxy) is 1. The Labute approximate surface area is 91.7 Å². The molecule has 3 heteroatoms. The standard InChI is InChI=1S/C12H21NO2/c1-3-11(12(13)14)15-8-10-7-5-4-6-9(10)2/h4-5,9-11H,3,6-8H2,1-2H3,(H2,13,14). The van der Waals surface area contributed by atoms with Crippen LogP contribution in [0.15, 0.2) is 12.2 Å². The highest BCUT2D eigenvalue weighted by atomic mass is 16.5. The fourth-order valence-corrected chi connectivity index (χ4v) is 1.88. The van der Waals surface area contributed by atoms with Gasteiger partial charge < -0.3 is 10.5 Å². The molecule has 0 radical (unpaired) electrons. The van der Waals surface area contributed by atoms with Gasteiger partial charge in [-0.25, -0.2) is 0 Å². The number of rotatable bonds is 5. The average molecular weight is 211 g/mol. The van der Waals surface area contributed by atoms with Crippen LogP contribution >= 0.6 is 0 Å². The molecule has 0 aliphatic heterocycles. The van der Waals surface area contributed by atoms with E-state index in [0.717, 1.165) is 12.8 Å². The van der Waals surface area contributed by atoms with Crippen molar-refractivity contribution in [2.45, 2.75) is 39.2 Å². The summed E-state index contributed by atoms with van der Waals surface area (Å²) in [4.78, 5) is 11.0. The first-order valence-corrected chi connectivity index (χ1v) is 5.71. The van der Waals surface area contributed by atoms with Crippen LogP contribution in [0.1, 0.15) is 33.1 Å². The van der Waals surface area contributed by atoms with Gasteiger partial charge in [0.25, 0.3) is 0 Å². The minimum absolute atomic E-state index is 0.350. The molecule has 0 aromatic carbocycles. The summed E-state index contributed by atoms with van der Waals surface area (Å²) in [6.45, 7) is 4.79. The Morgan fingerprint density at radius 2 is 2.20 bits per heavy atom. The largest absolute Gasteiger partial charge is 0.368 e. The van der Waals surface area contributed by atoms with Gasteiger partial charge >= 0.3 is 0 Å². The number of nitrogens with two attached hydrogens (primary N) is 1. The molecule has 86 valence electrons. The van der Waals surface area contributed by atoms with Crippen LogP contribution in [0.25, 0.3) is 0 Å². The lowest BCUT2D eigenvalue weighted by Crippen LogP contribution is -2.33. The molecule has 0 spiro atoms. The number of carbonyl (C=O) groups is 1. The third kappa shape index (κ3) is 3.67. The van der Waals surface area contributed by atoms with Gasteiger partial charge in [-0.15, -0.1) is 0 Å². The van der Waals surface area contributed by atoms with E-state index in [1.165, 1.54) is 0 Å². The second-order valence-electron chi connectivity index (χ2n) is 4.31. The van der Waals surface area contributed by atoms with E-state index in [0.29, 0.717) is 24.9 Å². The van der Waals surface area contributed by atoms with Gasteiger partial charge in [0.1, 0.15) is 6.10 Å². The summed E-state index contributed by atoms with van der Waals surface area (Å²) in [6, 6.07) is 0. The molecule has 1 amide bonds. The molecule has 1 rings (SSSR count). The summed E-state index contributed by atoms with van der Waals surface area (Å²) < 4.78 is 5.55. The fraction of sp³-hybridized carbons (Fsp3) is 0.750. The van der Waals surface area contributed by atoms with Crippen LogP contribution in [0.4, 0.5) is 0 Å². The molecule has 2 N–H and O–H groups in total. The number of primary amides is 1. The summed E-state index contributed by atoms with van der Waals surface area (Å²) in [5, 5.41) is 0. The van der Waals surface area contributed by atoms with Crippen molar-refractivity contribution in [2.24, 2.45) is 17.6 Å². The number of amides is 1. The second kappa shape index (κ2) is 5.91. The van der Waals surface area contributed by atoms with E-state index in [1.807, 2.05) is 6.92 Å². The zero-order valence-electron chi connectivity index (χ0n) is 9.61. The molecule has 1 aliphatic carbocycles. The third-order valence-corrected chi connectivity index (χ3v) is 3.12. The van der Waals surface area contributed by atoms with Crippen LogP contribution in [0.5, 0.6) is 0 Å². The first kappa shape index (κ1) is 12.2. The monoisotopic (exact) mass is 211 g/mol. The normalized spacial score (nSPS) is 27.6. The van der Waals surface area contributed by atoms with Gasteiger partial charge in [-0.2, -0.15) is 0 Å². The molecular formula is C12H21NO2. The van der Waals surface area contributed by atoms with Gasteiger partial charge in [-0.1, -0.05) is 26.0 Å². The molecule has 1 aliphatic rings. The van der Waals surface area contributed by atoms with Crippen LogP contribution in [0, 0.1) is 11.8 Å². The van der Waals surface area contributed by atoms with Gasteiger partial charge in [0.15, 0.2) is 0 Å². The Bertz CT molecular complexity index is 238. The van der Waals surface area contributed by atoms with Crippen LogP contribution in [0.3, 0.4) is 0 Å². The summed E-state index contributed by atoms with van der Waals surface area (Å²) in [5.74, 6) is 0.820. The molecule has 15 heavy (non-hydrogen) atoms. The van der Waals surface area contributed by atoms with Crippen molar-refractivity contribution in [1.82, 2.24) is 0 Å². The molecule has 0 aromatic heterocycles. The van der Waals surface area contributed by atoms with Crippen molar-refractivity contribution in [2.75, 3.05) is 6.61 Å². The summed E-state index contributed by atoms with van der Waals surface area (Å²) >= 11 is 0. The Morgan fingerprint density at radius 3 is 2.73 bits per heavy atom. The Balaban J connectivity index is 2.35. The van der Waals surface area contributed by atoms with Crippen molar-refractivity contribution < 1.29 is 9.53 Å². The van der Waals surface area contributed by atoms with Gasteiger partial charge in [0.2, 0.25) is 5.91 Å². The highest BCUT2D eigenvalue weighted by Crippen LogP contribution is 2.25. The van der Waals surface area contributed by atoms with Gasteiger partial charge in [0, 0.05) is 0 Å². The van der Waals surface area contributed by atoms with E-state index in [4.69, 9.17) is 10.5 Å². The minimum Gasteiger partial charge on any atom is -0.368 e. The predicted octanol–water partition coefficient (Wildman–Crippen LogP) is 1.87. The van der Waals surface area contributed by atoms with Crippen LogP contribution in [0.2, 0.25) is 0 Å². The van der Waals surface area contributed by atoms with Crippen molar-refractivity contribution in [3.8, 4) is 0 Å². The zero-order valence-corrected chi connectivity index (χ0v) is 9.61. The lowest BCUT2D eigenvalue weighted by molar-refractivity contribution is -0.130. The lowest BCUT2D eigenvalue weighted by atomic mass is 9.85. The maximum absolute atomic E-state index is 11.0. The number of hydrogen-bond acceptors (Lipinski definition) is 2. The summed E-state index contributed by atoms with van der Waals surface area (Å²) in [7, 11) is 0. The maximum atomic E-state index is 11.0. The predicted molar refractivity (Wildman–Crippen MR) is 60.3 cm³/mol. The fourth-order valence-electron chi connectivity index (χ4n) is 1.88. The minimum atomic E-state index is -0.414. The Kier molecular flexibility index (Phi) is 4.82. The van der Waals surface area contributed by atoms with Crippen molar-refractivity contribution in [3.05, 3.63) is 12.2 Å². The van der Waals surface area contributed by atoms with E-state index in [1.54, 1.807) is 0 Å². The van der Waals surface area contributed by atoms with E-state index in [9.17, 15) is 4.79 Å². The van der Waals surface area contributed by atoms with Crippen LogP contribution in [-0.2, 0) is 9.53 Å². The molecule has 0 saturated heterocycles. The summed E-state index contributed by atoms with van der Waals surface area (Å²) in [6.07, 6.45) is 6.82. The third-order valence-electron chi connectivity index (χ3n) is 3.12. The number of hydrogen-bond donors (Lipinski definition) is 1. The lowest BCUT2D eigenvalue weighted by Gasteiger charge is -2.26. The first-order valence-electron chi connectivity index (χ1n) is 5.71. The van der Waals surface area contributed by atoms with Crippen molar-refractivity contribution in [1.29, 1.82) is 0 Å². The quantitative estimate of drug-likeness (QED) is 0.706. The van der Waals surface area contributed by atoms with E-state index in [2.05, 4.69) is 19.1 Å². The molecule has 0 fully saturated rings. The highest BCUT2D eigenvalue weighted by Gasteiger charge is 2.21. The van der Waals surface area contributed by atoms with Crippen LogP contribution in [-0.4, -0.2) is 18.6 Å². The number of carbonyl (C=O) groups excluding carboxylic acids is 1. The molecule has 0 saturated carbocycles. The van der Waals surface area contributed by atoms with E-state index in [-0.39, 0.29) is 5.91 Å². The topological polar surface area (TPSA) is 52.3 Å². The van der Waals surface area contributed by atoms with E-state index < -0.39 is 6.10 Å². The van der Waals surface area contributed by atoms with Gasteiger partial charge in [0.05, 0.1) is 6.61 Å². The van der Waals surface area contributed by atoms with Crippen molar-refractivity contribution in [3.63, 3.8) is 0 Å². The second-order valence-corrected chi connectivity index (χ2v) is 4.31. The average Bonchev–Trinajstić information content (AvgIpc) is 2.21. The molecular weight excluding hydrogens is 190 g/mol. The Hall–Kier alpha value is -0.830. The zero-order chi connectivity index (χ0) is 11.3. The molecule has 0 heterocycles. The van der Waals surface area contributed by atoms with Crippen molar-refractivity contribution >= 4 is 5.91 Å². The number of allylic oxidation sites excluding steroid dienone is 2. The molecule has 0 aromatic rings. The van der Waals surface area contributed by atoms with Crippen LogP contribution < -0.4 is 5.73 Å². The molecule has 3 unspecified atom stereocenters. The van der Waals surface area contributed by atoms with E-state index >= 15 is 0 Å². The first-order chi connectivity index (χ1) is 7.15. The molecule has 3 nitrogen and oxygen atoms in total. The van der Waals surface area contributed by atoms with Gasteiger partial charge in [-0.3, -0.25) is 4.79 Å². The summed E-state index contributed by atoms with van der Waals surface area (Å²) in [5.41, 5.74) is 5.22. The molecule has 3 atom stereocenters. The maximum Gasteiger partial charge on any atom is 0.246 e. The molecule has 0 bridgehead atoms. The van der Waals surface area contributed by atoms with Gasteiger partial charge in [-0.05, 0) is 31.1 Å². The highest BCUT2D eigenvalue weighted by molar-refractivity contribution is 5.78. The smallest absolute Gasteiger partial charge is 0.246 e. The SMILES string of the molecule is CCC(OCC1CC=CCC1C)C(N)=O. The Morgan fingerprint density at radius 1 is 1.53 bits per heavy atom.